The molecule has 0 saturated heterocycles. The summed E-state index contributed by atoms with van der Waals surface area (Å²) in [7, 11) is -1.60. The zero-order chi connectivity index (χ0) is 34.9. The van der Waals surface area contributed by atoms with Gasteiger partial charge in [-0.2, -0.15) is 74.6 Å². The van der Waals surface area contributed by atoms with Gasteiger partial charge >= 0.3 is 47.7 Å². The Morgan fingerprint density at radius 1 is 0.581 bits per heavy atom. The van der Waals surface area contributed by atoms with Crippen molar-refractivity contribution in [2.75, 3.05) is 0 Å². The lowest BCUT2D eigenvalue weighted by Crippen LogP contribution is -2.72. The zero-order valence-corrected chi connectivity index (χ0v) is 19.9. The zero-order valence-electron chi connectivity index (χ0n) is 18.4. The molecule has 0 aliphatic rings. The molecular formula is C16ClF21O4S. The summed E-state index contributed by atoms with van der Waals surface area (Å²) in [5.41, 5.74) is 0. The predicted octanol–water partition coefficient (Wildman–Crippen LogP) is 7.60. The van der Waals surface area contributed by atoms with Crippen LogP contribution in [0.3, 0.4) is 0 Å². The highest BCUT2D eigenvalue weighted by Gasteiger charge is 2.93. The van der Waals surface area contributed by atoms with E-state index in [-0.39, 0.29) is 0 Å². The van der Waals surface area contributed by atoms with Gasteiger partial charge in [0.15, 0.2) is 22.3 Å². The number of carbonyl (C=O) groups excluding carboxylic acids is 1. The quantitative estimate of drug-likeness (QED) is 0.0502. The van der Waals surface area contributed by atoms with Crippen molar-refractivity contribution in [3.63, 3.8) is 0 Å². The van der Waals surface area contributed by atoms with E-state index in [1.54, 1.807) is 0 Å². The molecular weight excluding hydrogens is 723 g/mol. The SMILES string of the molecule is O=C(Oc1c(F)c(F)c(F)c(F)c1S(=O)(=O)Cl)C(F)=C(F)C(F)(F)C(F)(F)C(F)(F)C(F)(F)C(F)(F)C(F)(F)C(F)(F)F. The molecule has 248 valence electrons. The molecule has 0 aliphatic carbocycles. The van der Waals surface area contributed by atoms with Crippen LogP contribution in [0.4, 0.5) is 92.2 Å². The number of carbonyl (C=O) groups is 1. The Kier molecular flexibility index (Phi) is 9.49. The Hall–Kier alpha value is -2.80. The first-order valence-electron chi connectivity index (χ1n) is 9.02. The molecule has 0 amide bonds. The molecule has 0 fully saturated rings. The van der Waals surface area contributed by atoms with E-state index in [4.69, 9.17) is 0 Å². The van der Waals surface area contributed by atoms with E-state index in [1.165, 1.54) is 0 Å². The number of rotatable bonds is 9. The number of esters is 1. The van der Waals surface area contributed by atoms with E-state index in [0.29, 0.717) is 0 Å². The second-order valence-corrected chi connectivity index (χ2v) is 9.82. The Bertz CT molecular complexity index is 1450. The third-order valence-electron chi connectivity index (χ3n) is 4.60. The summed E-state index contributed by atoms with van der Waals surface area (Å²) in [6.07, 6.45) is -7.99. The Morgan fingerprint density at radius 2 is 0.930 bits per heavy atom. The maximum atomic E-state index is 13.8. The molecule has 0 unspecified atom stereocenters. The van der Waals surface area contributed by atoms with Gasteiger partial charge in [-0.1, -0.05) is 0 Å². The fraction of sp³-hybridized carbons (Fsp3) is 0.438. The van der Waals surface area contributed by atoms with Gasteiger partial charge in [-0.3, -0.25) is 0 Å². The van der Waals surface area contributed by atoms with E-state index >= 15 is 0 Å². The summed E-state index contributed by atoms with van der Waals surface area (Å²) in [4.78, 5) is 8.53. The molecule has 43 heavy (non-hydrogen) atoms. The summed E-state index contributed by atoms with van der Waals surface area (Å²) >= 11 is 0. The second kappa shape index (κ2) is 10.7. The number of ether oxygens (including phenoxy) is 1. The molecule has 1 aromatic carbocycles. The van der Waals surface area contributed by atoms with Crippen molar-refractivity contribution in [3.05, 3.63) is 34.9 Å². The molecule has 1 aromatic rings. The minimum Gasteiger partial charge on any atom is -0.416 e. The molecule has 0 spiro atoms. The van der Waals surface area contributed by atoms with Crippen molar-refractivity contribution in [1.82, 2.24) is 0 Å². The van der Waals surface area contributed by atoms with Crippen LogP contribution in [0.15, 0.2) is 16.5 Å². The van der Waals surface area contributed by atoms with Gasteiger partial charge < -0.3 is 4.74 Å². The van der Waals surface area contributed by atoms with Crippen LogP contribution in [0.5, 0.6) is 5.75 Å². The average Bonchev–Trinajstić information content (AvgIpc) is 2.82. The largest absolute Gasteiger partial charge is 0.460 e. The number of allylic oxidation sites excluding steroid dienone is 1. The van der Waals surface area contributed by atoms with Gasteiger partial charge in [0.2, 0.25) is 23.3 Å². The number of halogens is 22. The lowest BCUT2D eigenvalue weighted by molar-refractivity contribution is -0.450. The van der Waals surface area contributed by atoms with Crippen LogP contribution < -0.4 is 4.74 Å². The fourth-order valence-electron chi connectivity index (χ4n) is 2.37. The minimum absolute atomic E-state index is 2.89. The lowest BCUT2D eigenvalue weighted by Gasteiger charge is -2.41. The molecule has 0 heterocycles. The van der Waals surface area contributed by atoms with Gasteiger partial charge in [0.25, 0.3) is 9.05 Å². The Labute approximate surface area is 224 Å². The molecule has 0 radical (unpaired) electrons. The molecule has 0 aliphatic heterocycles. The topological polar surface area (TPSA) is 60.4 Å². The molecule has 0 N–H and O–H groups in total. The summed E-state index contributed by atoms with van der Waals surface area (Å²) in [6, 6.07) is 0. The van der Waals surface area contributed by atoms with Crippen LogP contribution in [-0.4, -0.2) is 56.1 Å². The van der Waals surface area contributed by atoms with Gasteiger partial charge in [-0.05, 0) is 0 Å². The van der Waals surface area contributed by atoms with Crippen molar-refractivity contribution in [1.29, 1.82) is 0 Å². The Balaban J connectivity index is 3.83. The van der Waals surface area contributed by atoms with Crippen molar-refractivity contribution >= 4 is 25.7 Å². The molecule has 4 nitrogen and oxygen atoms in total. The molecule has 27 heteroatoms. The van der Waals surface area contributed by atoms with Crippen LogP contribution in [0.2, 0.25) is 0 Å². The van der Waals surface area contributed by atoms with Crippen molar-refractivity contribution in [2.24, 2.45) is 0 Å². The summed E-state index contributed by atoms with van der Waals surface area (Å²) in [5.74, 6) is -81.6. The van der Waals surface area contributed by atoms with Crippen LogP contribution in [0.1, 0.15) is 0 Å². The smallest absolute Gasteiger partial charge is 0.416 e. The Morgan fingerprint density at radius 3 is 1.30 bits per heavy atom. The fourth-order valence-corrected chi connectivity index (χ4v) is 3.44. The van der Waals surface area contributed by atoms with Gasteiger partial charge in [-0.25, -0.2) is 30.8 Å². The number of hydrogen-bond acceptors (Lipinski definition) is 4. The maximum Gasteiger partial charge on any atom is 0.460 e. The highest BCUT2D eigenvalue weighted by Crippen LogP contribution is 2.63. The van der Waals surface area contributed by atoms with E-state index in [9.17, 15) is 105 Å². The molecule has 0 aromatic heterocycles. The third kappa shape index (κ3) is 5.51. The van der Waals surface area contributed by atoms with Crippen molar-refractivity contribution in [2.45, 2.75) is 46.6 Å². The normalized spacial score (nSPS) is 15.4. The van der Waals surface area contributed by atoms with Gasteiger partial charge in [-0.15, -0.1) is 0 Å². The number of alkyl halides is 15. The first kappa shape index (κ1) is 38.2. The van der Waals surface area contributed by atoms with Crippen molar-refractivity contribution in [3.8, 4) is 5.75 Å². The highest BCUT2D eigenvalue weighted by molar-refractivity contribution is 8.13. The van der Waals surface area contributed by atoms with Crippen LogP contribution >= 0.6 is 10.7 Å². The predicted molar refractivity (Wildman–Crippen MR) is 89.9 cm³/mol. The van der Waals surface area contributed by atoms with Gasteiger partial charge in [0.05, 0.1) is 0 Å². The van der Waals surface area contributed by atoms with Crippen LogP contribution in [0.25, 0.3) is 0 Å². The number of hydrogen-bond donors (Lipinski definition) is 0. The molecule has 1 rings (SSSR count). The molecule has 0 atom stereocenters. The first-order chi connectivity index (χ1) is 18.6. The maximum absolute atomic E-state index is 13.8. The molecule has 0 bridgehead atoms. The summed E-state index contributed by atoms with van der Waals surface area (Å²) in [5, 5.41) is 0. The van der Waals surface area contributed by atoms with Crippen LogP contribution in [-0.2, 0) is 13.8 Å². The second-order valence-electron chi connectivity index (χ2n) is 7.31. The summed E-state index contributed by atoms with van der Waals surface area (Å²) < 4.78 is 304. The third-order valence-corrected chi connectivity index (χ3v) is 5.91. The minimum atomic E-state index is -8.96. The van der Waals surface area contributed by atoms with Crippen LogP contribution in [0, 0.1) is 23.3 Å². The standard InChI is InChI=1S/C16ClF21O4S/c17-43(40,41)7-4(21)2(19)1(18)3(20)6(7)42-9(39)5(22)8(23)10(24,25)11(26,27)12(28,29)13(30,31)14(32,33)15(34,35)16(36,37)38. The van der Waals surface area contributed by atoms with E-state index in [0.717, 1.165) is 0 Å². The monoisotopic (exact) mass is 722 g/mol. The van der Waals surface area contributed by atoms with E-state index in [1.807, 2.05) is 0 Å². The first-order valence-corrected chi connectivity index (χ1v) is 11.3. The van der Waals surface area contributed by atoms with Crippen molar-refractivity contribution < 1.29 is 110 Å². The average molecular weight is 723 g/mol. The molecule has 0 saturated carbocycles. The van der Waals surface area contributed by atoms with E-state index in [2.05, 4.69) is 15.4 Å². The van der Waals surface area contributed by atoms with Gasteiger partial charge in [0, 0.05) is 10.7 Å². The summed E-state index contributed by atoms with van der Waals surface area (Å²) in [6.45, 7) is 0. The van der Waals surface area contributed by atoms with Gasteiger partial charge in [0.1, 0.15) is 0 Å². The lowest BCUT2D eigenvalue weighted by atomic mass is 9.90. The number of benzene rings is 1. The highest BCUT2D eigenvalue weighted by atomic mass is 35.7. The van der Waals surface area contributed by atoms with E-state index < -0.39 is 102 Å².